The average molecular weight is 349 g/mol. The number of hydrogen-bond acceptors (Lipinski definition) is 4. The highest BCUT2D eigenvalue weighted by molar-refractivity contribution is 6.32. The van der Waals surface area contributed by atoms with Crippen molar-refractivity contribution in [2.75, 3.05) is 19.5 Å². The molecule has 1 atom stereocenters. The van der Waals surface area contributed by atoms with Gasteiger partial charge in [-0.1, -0.05) is 23.7 Å². The molecule has 2 N–H and O–H groups in total. The Balaban J connectivity index is 1.88. The van der Waals surface area contributed by atoms with Crippen LogP contribution in [0.1, 0.15) is 12.5 Å². The second-order valence-electron chi connectivity index (χ2n) is 5.28. The summed E-state index contributed by atoms with van der Waals surface area (Å²) in [6.07, 6.45) is 0. The molecule has 24 heavy (non-hydrogen) atoms. The summed E-state index contributed by atoms with van der Waals surface area (Å²) < 4.78 is 10.2. The smallest absolute Gasteiger partial charge is 0.242 e. The Morgan fingerprint density at radius 1 is 1.12 bits per heavy atom. The number of amides is 1. The number of anilines is 1. The number of ether oxygens (including phenoxy) is 2. The molecule has 128 valence electrons. The predicted molar refractivity (Wildman–Crippen MR) is 95.9 cm³/mol. The van der Waals surface area contributed by atoms with Gasteiger partial charge in [0.15, 0.2) is 0 Å². The summed E-state index contributed by atoms with van der Waals surface area (Å²) in [5, 5.41) is 6.50. The van der Waals surface area contributed by atoms with Crippen molar-refractivity contribution in [3.8, 4) is 11.5 Å². The molecule has 0 aliphatic heterocycles. The number of halogens is 1. The number of benzene rings is 2. The molecule has 0 bridgehead atoms. The fourth-order valence-electron chi connectivity index (χ4n) is 2.16. The first-order valence-electron chi connectivity index (χ1n) is 7.54. The Kier molecular flexibility index (Phi) is 6.32. The molecule has 0 radical (unpaired) electrons. The first-order valence-corrected chi connectivity index (χ1v) is 7.92. The molecular weight excluding hydrogens is 328 g/mol. The lowest BCUT2D eigenvalue weighted by atomic mass is 10.2. The first-order chi connectivity index (χ1) is 11.5. The normalized spacial score (nSPS) is 11.5. The van der Waals surface area contributed by atoms with E-state index in [4.69, 9.17) is 21.1 Å². The van der Waals surface area contributed by atoms with Crippen molar-refractivity contribution in [2.24, 2.45) is 0 Å². The minimum absolute atomic E-state index is 0.0993. The molecule has 1 unspecified atom stereocenters. The van der Waals surface area contributed by atoms with Crippen LogP contribution in [0.3, 0.4) is 0 Å². The van der Waals surface area contributed by atoms with E-state index in [9.17, 15) is 4.79 Å². The van der Waals surface area contributed by atoms with Gasteiger partial charge in [-0.15, -0.1) is 0 Å². The van der Waals surface area contributed by atoms with Gasteiger partial charge in [-0.25, -0.2) is 0 Å². The fourth-order valence-corrected chi connectivity index (χ4v) is 2.42. The second-order valence-corrected chi connectivity index (χ2v) is 5.69. The number of rotatable bonds is 7. The molecule has 1 amide bonds. The highest BCUT2D eigenvalue weighted by atomic mass is 35.5. The highest BCUT2D eigenvalue weighted by Crippen LogP contribution is 2.27. The Hall–Kier alpha value is -2.40. The molecule has 2 aromatic carbocycles. The minimum Gasteiger partial charge on any atom is -0.497 e. The minimum atomic E-state index is -0.396. The third-order valence-electron chi connectivity index (χ3n) is 3.55. The quantitative estimate of drug-likeness (QED) is 0.804. The van der Waals surface area contributed by atoms with Crippen molar-refractivity contribution in [1.82, 2.24) is 5.32 Å². The van der Waals surface area contributed by atoms with Crippen LogP contribution in [0, 0.1) is 0 Å². The van der Waals surface area contributed by atoms with Crippen molar-refractivity contribution in [1.29, 1.82) is 0 Å². The second kappa shape index (κ2) is 8.45. The van der Waals surface area contributed by atoms with Gasteiger partial charge in [0.2, 0.25) is 5.91 Å². The third-order valence-corrected chi connectivity index (χ3v) is 3.85. The van der Waals surface area contributed by atoms with Crippen LogP contribution in [0.2, 0.25) is 5.02 Å². The molecule has 0 saturated carbocycles. The van der Waals surface area contributed by atoms with Crippen molar-refractivity contribution in [2.45, 2.75) is 19.5 Å². The molecular formula is C18H21ClN2O3. The van der Waals surface area contributed by atoms with Crippen LogP contribution in [0.25, 0.3) is 0 Å². The maximum absolute atomic E-state index is 12.2. The van der Waals surface area contributed by atoms with Gasteiger partial charge in [-0.2, -0.15) is 0 Å². The number of carbonyl (C=O) groups excluding carboxylic acids is 1. The molecule has 5 nitrogen and oxygen atoms in total. The molecule has 0 heterocycles. The van der Waals surface area contributed by atoms with E-state index in [0.29, 0.717) is 17.3 Å². The van der Waals surface area contributed by atoms with Crippen LogP contribution in [0.4, 0.5) is 5.69 Å². The standard InChI is InChI=1S/C18H21ClN2O3/c1-12(21-14-6-9-17(24-3)16(19)10-14)18(22)20-11-13-4-7-15(23-2)8-5-13/h4-10,12,21H,11H2,1-3H3,(H,20,22). The zero-order valence-electron chi connectivity index (χ0n) is 13.9. The van der Waals surface area contributed by atoms with Crippen molar-refractivity contribution >= 4 is 23.2 Å². The van der Waals surface area contributed by atoms with E-state index in [1.54, 1.807) is 33.3 Å². The van der Waals surface area contributed by atoms with Crippen LogP contribution in [-0.4, -0.2) is 26.2 Å². The lowest BCUT2D eigenvalue weighted by Gasteiger charge is -2.16. The predicted octanol–water partition coefficient (Wildman–Crippen LogP) is 3.47. The SMILES string of the molecule is COc1ccc(CNC(=O)C(C)Nc2ccc(OC)c(Cl)c2)cc1. The zero-order chi connectivity index (χ0) is 17.5. The van der Waals surface area contributed by atoms with Gasteiger partial charge in [0.25, 0.3) is 0 Å². The van der Waals surface area contributed by atoms with E-state index in [2.05, 4.69) is 10.6 Å². The Labute approximate surface area is 146 Å². The molecule has 0 fully saturated rings. The van der Waals surface area contributed by atoms with E-state index in [1.165, 1.54) is 0 Å². The van der Waals surface area contributed by atoms with E-state index in [1.807, 2.05) is 30.3 Å². The van der Waals surface area contributed by atoms with Gasteiger partial charge in [0, 0.05) is 12.2 Å². The number of carbonyl (C=O) groups is 1. The van der Waals surface area contributed by atoms with Gasteiger partial charge >= 0.3 is 0 Å². The van der Waals surface area contributed by atoms with Gasteiger partial charge in [-0.05, 0) is 42.8 Å². The zero-order valence-corrected chi connectivity index (χ0v) is 14.7. The largest absolute Gasteiger partial charge is 0.497 e. The molecule has 0 spiro atoms. The molecule has 0 aliphatic carbocycles. The van der Waals surface area contributed by atoms with Gasteiger partial charge in [0.05, 0.1) is 19.2 Å². The average Bonchev–Trinajstić information content (AvgIpc) is 2.60. The summed E-state index contributed by atoms with van der Waals surface area (Å²) in [6, 6.07) is 12.5. The molecule has 0 aliphatic rings. The van der Waals surface area contributed by atoms with E-state index >= 15 is 0 Å². The molecule has 0 aromatic heterocycles. The number of hydrogen-bond donors (Lipinski definition) is 2. The van der Waals surface area contributed by atoms with Gasteiger partial charge in [0.1, 0.15) is 17.5 Å². The molecule has 2 rings (SSSR count). The topological polar surface area (TPSA) is 59.6 Å². The fraction of sp³-hybridized carbons (Fsp3) is 0.278. The Morgan fingerprint density at radius 3 is 2.42 bits per heavy atom. The van der Waals surface area contributed by atoms with Crippen molar-refractivity contribution < 1.29 is 14.3 Å². The maximum atomic E-state index is 12.2. The number of methoxy groups -OCH3 is 2. The summed E-state index contributed by atoms with van der Waals surface area (Å²) >= 11 is 6.08. The van der Waals surface area contributed by atoms with Crippen LogP contribution in [-0.2, 0) is 11.3 Å². The Morgan fingerprint density at radius 2 is 1.83 bits per heavy atom. The monoisotopic (exact) mass is 348 g/mol. The molecule has 6 heteroatoms. The summed E-state index contributed by atoms with van der Waals surface area (Å²) in [4.78, 5) is 12.2. The Bertz CT molecular complexity index is 689. The molecule has 2 aromatic rings. The van der Waals surface area contributed by atoms with E-state index in [-0.39, 0.29) is 5.91 Å². The maximum Gasteiger partial charge on any atom is 0.242 e. The summed E-state index contributed by atoms with van der Waals surface area (Å²) in [6.45, 7) is 2.25. The lowest BCUT2D eigenvalue weighted by molar-refractivity contribution is -0.121. The number of nitrogens with one attached hydrogen (secondary N) is 2. The summed E-state index contributed by atoms with van der Waals surface area (Å²) in [5.41, 5.74) is 1.76. The molecule has 0 saturated heterocycles. The van der Waals surface area contributed by atoms with Crippen LogP contribution >= 0.6 is 11.6 Å². The van der Waals surface area contributed by atoms with Gasteiger partial charge < -0.3 is 20.1 Å². The van der Waals surface area contributed by atoms with E-state index in [0.717, 1.165) is 17.0 Å². The van der Waals surface area contributed by atoms with E-state index < -0.39 is 6.04 Å². The summed E-state index contributed by atoms with van der Waals surface area (Å²) in [7, 11) is 3.18. The highest BCUT2D eigenvalue weighted by Gasteiger charge is 2.13. The first kappa shape index (κ1) is 17.9. The van der Waals surface area contributed by atoms with Crippen LogP contribution < -0.4 is 20.1 Å². The van der Waals surface area contributed by atoms with Crippen molar-refractivity contribution in [3.63, 3.8) is 0 Å². The van der Waals surface area contributed by atoms with Gasteiger partial charge in [-0.3, -0.25) is 4.79 Å². The van der Waals surface area contributed by atoms with Crippen LogP contribution in [0.15, 0.2) is 42.5 Å². The third kappa shape index (κ3) is 4.80. The van der Waals surface area contributed by atoms with Crippen LogP contribution in [0.5, 0.6) is 11.5 Å². The summed E-state index contributed by atoms with van der Waals surface area (Å²) in [5.74, 6) is 1.29. The van der Waals surface area contributed by atoms with Crippen molar-refractivity contribution in [3.05, 3.63) is 53.1 Å². The lowest BCUT2D eigenvalue weighted by Crippen LogP contribution is -2.37.